The van der Waals surface area contributed by atoms with E-state index in [4.69, 9.17) is 4.42 Å². The number of carbonyl (C=O) groups excluding carboxylic acids is 1. The standard InChI is InChI=1S/C19H13FN2O4/c20-13-5-7-14(8-6-13)21-19(23)12-10-15-9-11-18(26-15)16-3-1-2-4-17(16)22(24)25/h1-12H,(H,21,23)/b12-10-. The summed E-state index contributed by atoms with van der Waals surface area (Å²) in [6, 6.07) is 14.8. The molecule has 130 valence electrons. The SMILES string of the molecule is O=C(/C=C\c1ccc(-c2ccccc2[N+](=O)[O-])o1)Nc1ccc(F)cc1. The maximum atomic E-state index is 12.8. The predicted molar refractivity (Wildman–Crippen MR) is 94.9 cm³/mol. The van der Waals surface area contributed by atoms with E-state index in [0.717, 1.165) is 0 Å². The first-order chi connectivity index (χ1) is 12.5. The van der Waals surface area contributed by atoms with Crippen LogP contribution >= 0.6 is 0 Å². The van der Waals surface area contributed by atoms with E-state index >= 15 is 0 Å². The van der Waals surface area contributed by atoms with Gasteiger partial charge in [0.1, 0.15) is 17.3 Å². The molecule has 0 atom stereocenters. The summed E-state index contributed by atoms with van der Waals surface area (Å²) >= 11 is 0. The third kappa shape index (κ3) is 4.02. The Morgan fingerprint density at radius 1 is 1.08 bits per heavy atom. The second kappa shape index (κ2) is 7.43. The molecule has 3 rings (SSSR count). The lowest BCUT2D eigenvalue weighted by atomic mass is 10.1. The first-order valence-corrected chi connectivity index (χ1v) is 7.61. The maximum Gasteiger partial charge on any atom is 0.280 e. The molecule has 0 fully saturated rings. The average molecular weight is 352 g/mol. The molecular weight excluding hydrogens is 339 g/mol. The molecule has 1 aromatic heterocycles. The molecule has 6 nitrogen and oxygen atoms in total. The van der Waals surface area contributed by atoms with E-state index in [1.54, 1.807) is 30.3 Å². The van der Waals surface area contributed by atoms with Gasteiger partial charge in [-0.15, -0.1) is 0 Å². The van der Waals surface area contributed by atoms with E-state index in [1.807, 2.05) is 0 Å². The quantitative estimate of drug-likeness (QED) is 0.411. The minimum Gasteiger partial charge on any atom is -0.456 e. The average Bonchev–Trinajstić information content (AvgIpc) is 3.11. The van der Waals surface area contributed by atoms with Gasteiger partial charge in [-0.25, -0.2) is 4.39 Å². The highest BCUT2D eigenvalue weighted by Gasteiger charge is 2.16. The van der Waals surface area contributed by atoms with Gasteiger partial charge in [0.2, 0.25) is 5.91 Å². The number of nitrogens with zero attached hydrogens (tertiary/aromatic N) is 1. The van der Waals surface area contributed by atoms with E-state index in [1.165, 1.54) is 42.5 Å². The summed E-state index contributed by atoms with van der Waals surface area (Å²) in [4.78, 5) is 22.5. The molecule has 1 heterocycles. The van der Waals surface area contributed by atoms with Crippen LogP contribution in [0.5, 0.6) is 0 Å². The third-order valence-corrected chi connectivity index (χ3v) is 3.50. The molecule has 0 aliphatic carbocycles. The molecule has 0 spiro atoms. The zero-order valence-electron chi connectivity index (χ0n) is 13.4. The number of carbonyl (C=O) groups is 1. The molecule has 1 N–H and O–H groups in total. The van der Waals surface area contributed by atoms with Gasteiger partial charge in [0.25, 0.3) is 5.69 Å². The number of rotatable bonds is 5. The zero-order chi connectivity index (χ0) is 18.5. The first kappa shape index (κ1) is 17.1. The fourth-order valence-corrected chi connectivity index (χ4v) is 2.30. The van der Waals surface area contributed by atoms with E-state index in [2.05, 4.69) is 5.32 Å². The smallest absolute Gasteiger partial charge is 0.280 e. The Bertz CT molecular complexity index is 977. The van der Waals surface area contributed by atoms with Crippen molar-refractivity contribution in [1.82, 2.24) is 0 Å². The molecular formula is C19H13FN2O4. The lowest BCUT2D eigenvalue weighted by Crippen LogP contribution is -2.07. The van der Waals surface area contributed by atoms with Gasteiger partial charge < -0.3 is 9.73 Å². The van der Waals surface area contributed by atoms with Crippen LogP contribution in [0.1, 0.15) is 5.76 Å². The fourth-order valence-electron chi connectivity index (χ4n) is 2.30. The Morgan fingerprint density at radius 3 is 2.54 bits per heavy atom. The molecule has 7 heteroatoms. The van der Waals surface area contributed by atoms with Gasteiger partial charge in [0.15, 0.2) is 0 Å². The highest BCUT2D eigenvalue weighted by molar-refractivity contribution is 6.01. The molecule has 0 unspecified atom stereocenters. The number of benzene rings is 2. The van der Waals surface area contributed by atoms with Crippen LogP contribution in [-0.2, 0) is 4.79 Å². The Labute approximate surface area is 147 Å². The summed E-state index contributed by atoms with van der Waals surface area (Å²) in [6.45, 7) is 0. The van der Waals surface area contributed by atoms with Gasteiger partial charge in [0.05, 0.1) is 10.5 Å². The Hall–Kier alpha value is -3.74. The van der Waals surface area contributed by atoms with Crippen molar-refractivity contribution in [3.63, 3.8) is 0 Å². The number of furan rings is 1. The van der Waals surface area contributed by atoms with Crippen molar-refractivity contribution in [2.75, 3.05) is 5.32 Å². The number of amides is 1. The van der Waals surface area contributed by atoms with Crippen LogP contribution < -0.4 is 5.32 Å². The Balaban J connectivity index is 1.72. The topological polar surface area (TPSA) is 85.4 Å². The summed E-state index contributed by atoms with van der Waals surface area (Å²) in [5.41, 5.74) is 0.750. The summed E-state index contributed by atoms with van der Waals surface area (Å²) in [5, 5.41) is 13.7. The summed E-state index contributed by atoms with van der Waals surface area (Å²) < 4.78 is 18.4. The predicted octanol–water partition coefficient (Wildman–Crippen LogP) is 4.65. The van der Waals surface area contributed by atoms with Crippen LogP contribution in [0.15, 0.2) is 71.2 Å². The fraction of sp³-hybridized carbons (Fsp3) is 0. The van der Waals surface area contributed by atoms with E-state index in [0.29, 0.717) is 22.8 Å². The number of nitro groups is 1. The van der Waals surface area contributed by atoms with Crippen LogP contribution in [0.4, 0.5) is 15.8 Å². The third-order valence-electron chi connectivity index (χ3n) is 3.50. The van der Waals surface area contributed by atoms with Crippen molar-refractivity contribution >= 4 is 23.4 Å². The summed E-state index contributed by atoms with van der Waals surface area (Å²) in [6.07, 6.45) is 2.70. The lowest BCUT2D eigenvalue weighted by molar-refractivity contribution is -0.384. The molecule has 0 aliphatic rings. The largest absolute Gasteiger partial charge is 0.456 e. The number of nitrogens with one attached hydrogen (secondary N) is 1. The van der Waals surface area contributed by atoms with Crippen molar-refractivity contribution in [3.8, 4) is 11.3 Å². The summed E-state index contributed by atoms with van der Waals surface area (Å²) in [7, 11) is 0. The zero-order valence-corrected chi connectivity index (χ0v) is 13.4. The Morgan fingerprint density at radius 2 is 1.81 bits per heavy atom. The number of anilines is 1. The van der Waals surface area contributed by atoms with Gasteiger partial charge >= 0.3 is 0 Å². The lowest BCUT2D eigenvalue weighted by Gasteiger charge is -2.01. The van der Waals surface area contributed by atoms with Gasteiger partial charge in [0, 0.05) is 17.8 Å². The minimum atomic E-state index is -0.483. The normalized spacial score (nSPS) is 10.8. The number of hydrogen-bond acceptors (Lipinski definition) is 4. The minimum absolute atomic E-state index is 0.0635. The van der Waals surface area contributed by atoms with Crippen LogP contribution in [0, 0.1) is 15.9 Å². The number of halogens is 1. The van der Waals surface area contributed by atoms with Gasteiger partial charge in [-0.3, -0.25) is 14.9 Å². The maximum absolute atomic E-state index is 12.8. The van der Waals surface area contributed by atoms with Crippen LogP contribution in [-0.4, -0.2) is 10.8 Å². The van der Waals surface area contributed by atoms with Gasteiger partial charge in [-0.2, -0.15) is 0 Å². The number of para-hydroxylation sites is 1. The monoisotopic (exact) mass is 352 g/mol. The molecule has 1 amide bonds. The number of nitro benzene ring substituents is 1. The number of hydrogen-bond donors (Lipinski definition) is 1. The van der Waals surface area contributed by atoms with Crippen molar-refractivity contribution in [2.24, 2.45) is 0 Å². The molecule has 0 radical (unpaired) electrons. The highest BCUT2D eigenvalue weighted by atomic mass is 19.1. The highest BCUT2D eigenvalue weighted by Crippen LogP contribution is 2.31. The van der Waals surface area contributed by atoms with Crippen molar-refractivity contribution in [1.29, 1.82) is 0 Å². The molecule has 26 heavy (non-hydrogen) atoms. The van der Waals surface area contributed by atoms with Crippen molar-refractivity contribution in [2.45, 2.75) is 0 Å². The molecule has 3 aromatic rings. The second-order valence-electron chi connectivity index (χ2n) is 5.31. The summed E-state index contributed by atoms with van der Waals surface area (Å²) in [5.74, 6) is -0.111. The molecule has 0 saturated heterocycles. The second-order valence-corrected chi connectivity index (χ2v) is 5.31. The first-order valence-electron chi connectivity index (χ1n) is 7.61. The van der Waals surface area contributed by atoms with E-state index in [-0.39, 0.29) is 5.69 Å². The molecule has 2 aromatic carbocycles. The van der Waals surface area contributed by atoms with Crippen LogP contribution in [0.2, 0.25) is 0 Å². The van der Waals surface area contributed by atoms with E-state index < -0.39 is 16.6 Å². The van der Waals surface area contributed by atoms with Gasteiger partial charge in [-0.1, -0.05) is 12.1 Å². The van der Waals surface area contributed by atoms with Crippen LogP contribution in [0.25, 0.3) is 17.4 Å². The van der Waals surface area contributed by atoms with Crippen molar-refractivity contribution < 1.29 is 18.5 Å². The van der Waals surface area contributed by atoms with Crippen molar-refractivity contribution in [3.05, 3.63) is 88.4 Å². The van der Waals surface area contributed by atoms with E-state index in [9.17, 15) is 19.3 Å². The van der Waals surface area contributed by atoms with Gasteiger partial charge in [-0.05, 0) is 48.5 Å². The molecule has 0 saturated carbocycles. The molecule has 0 bridgehead atoms. The molecule has 0 aliphatic heterocycles. The van der Waals surface area contributed by atoms with Crippen LogP contribution in [0.3, 0.4) is 0 Å². The Kier molecular flexibility index (Phi) is 4.89.